The molecule has 0 bridgehead atoms. The Balaban J connectivity index is 1.77. The molecule has 1 atom stereocenters. The number of hydrogen-bond donors (Lipinski definition) is 2. The molecular formula is C23H26N4O2. The summed E-state index contributed by atoms with van der Waals surface area (Å²) in [6, 6.07) is 8.17. The summed E-state index contributed by atoms with van der Waals surface area (Å²) in [7, 11) is 1.69. The lowest BCUT2D eigenvalue weighted by molar-refractivity contribution is 0.409. The first-order valence-electron chi connectivity index (χ1n) is 10.4. The molecule has 0 amide bonds. The zero-order chi connectivity index (χ0) is 20.0. The predicted octanol–water partition coefficient (Wildman–Crippen LogP) is 4.51. The first-order valence-corrected chi connectivity index (χ1v) is 10.4. The van der Waals surface area contributed by atoms with E-state index in [-0.39, 0.29) is 5.92 Å². The van der Waals surface area contributed by atoms with E-state index in [1.54, 1.807) is 7.11 Å². The van der Waals surface area contributed by atoms with Gasteiger partial charge in [0, 0.05) is 28.6 Å². The highest BCUT2D eigenvalue weighted by Crippen LogP contribution is 2.51. The maximum Gasteiger partial charge on any atom is 0.244 e. The summed E-state index contributed by atoms with van der Waals surface area (Å²) in [4.78, 5) is 4.90. The third kappa shape index (κ3) is 2.85. The number of hydrogen-bond acceptors (Lipinski definition) is 5. The van der Waals surface area contributed by atoms with Gasteiger partial charge in [-0.3, -0.25) is 5.10 Å². The summed E-state index contributed by atoms with van der Waals surface area (Å²) in [5.41, 5.74) is 14.1. The molecule has 1 aliphatic heterocycles. The average molecular weight is 390 g/mol. The fraction of sp³-hybridized carbons (Fsp3) is 0.391. The third-order valence-electron chi connectivity index (χ3n) is 6.07. The molecule has 0 spiro atoms. The molecule has 0 fully saturated rings. The number of aromatic nitrogens is 3. The van der Waals surface area contributed by atoms with E-state index in [2.05, 4.69) is 29.3 Å². The number of methoxy groups -OCH3 is 1. The van der Waals surface area contributed by atoms with Crippen LogP contribution < -0.4 is 15.2 Å². The first-order chi connectivity index (χ1) is 14.2. The van der Waals surface area contributed by atoms with Gasteiger partial charge in [0.1, 0.15) is 5.75 Å². The van der Waals surface area contributed by atoms with E-state index < -0.39 is 0 Å². The van der Waals surface area contributed by atoms with Crippen LogP contribution in [0.4, 0.5) is 5.69 Å². The van der Waals surface area contributed by atoms with Gasteiger partial charge in [-0.1, -0.05) is 25.5 Å². The number of nitrogens with zero attached hydrogens (tertiary/aromatic N) is 2. The lowest BCUT2D eigenvalue weighted by atomic mass is 9.80. The molecule has 1 aromatic carbocycles. The van der Waals surface area contributed by atoms with Crippen LogP contribution >= 0.6 is 0 Å². The molecular weight excluding hydrogens is 364 g/mol. The van der Waals surface area contributed by atoms with Gasteiger partial charge >= 0.3 is 0 Å². The monoisotopic (exact) mass is 390 g/mol. The fourth-order valence-corrected chi connectivity index (χ4v) is 4.69. The Kier molecular flexibility index (Phi) is 4.42. The highest BCUT2D eigenvalue weighted by atomic mass is 16.5. The van der Waals surface area contributed by atoms with Crippen LogP contribution in [0.3, 0.4) is 0 Å². The molecule has 0 saturated heterocycles. The number of nitrogens with one attached hydrogen (secondary N) is 1. The lowest BCUT2D eigenvalue weighted by Gasteiger charge is -2.30. The van der Waals surface area contributed by atoms with E-state index in [1.165, 1.54) is 5.56 Å². The number of pyridine rings is 1. The smallest absolute Gasteiger partial charge is 0.244 e. The third-order valence-corrected chi connectivity index (χ3v) is 6.07. The van der Waals surface area contributed by atoms with Crippen molar-refractivity contribution in [3.05, 3.63) is 57.9 Å². The quantitative estimate of drug-likeness (QED) is 0.535. The number of H-pyrrole nitrogens is 1. The van der Waals surface area contributed by atoms with Crippen molar-refractivity contribution in [2.45, 2.75) is 51.4 Å². The van der Waals surface area contributed by atoms with E-state index in [9.17, 15) is 0 Å². The molecule has 1 unspecified atom stereocenters. The molecule has 0 radical (unpaired) electrons. The maximum absolute atomic E-state index is 6.79. The van der Waals surface area contributed by atoms with Crippen LogP contribution in [0.25, 0.3) is 0 Å². The van der Waals surface area contributed by atoms with E-state index in [0.717, 1.165) is 78.0 Å². The lowest BCUT2D eigenvalue weighted by Crippen LogP contribution is -2.20. The largest absolute Gasteiger partial charge is 0.497 e. The van der Waals surface area contributed by atoms with Crippen molar-refractivity contribution in [1.29, 1.82) is 0 Å². The topological polar surface area (TPSA) is 86.0 Å². The van der Waals surface area contributed by atoms with Crippen LogP contribution in [0.2, 0.25) is 0 Å². The molecule has 0 saturated carbocycles. The Morgan fingerprint density at radius 3 is 2.90 bits per heavy atom. The molecule has 2 aromatic heterocycles. The van der Waals surface area contributed by atoms with Crippen LogP contribution in [0.1, 0.15) is 65.7 Å². The van der Waals surface area contributed by atoms with Gasteiger partial charge in [-0.2, -0.15) is 0 Å². The number of aryl methyl sites for hydroxylation is 2. The Morgan fingerprint density at radius 2 is 2.07 bits per heavy atom. The zero-order valence-electron chi connectivity index (χ0n) is 16.9. The number of benzene rings is 1. The maximum atomic E-state index is 6.79. The molecule has 3 N–H and O–H groups in total. The molecule has 3 heterocycles. The van der Waals surface area contributed by atoms with Crippen LogP contribution in [-0.4, -0.2) is 22.3 Å². The second-order valence-electron chi connectivity index (χ2n) is 7.86. The standard InChI is InChI=1S/C23H26N4O2/c1-3-7-17-19-18(13-8-6-9-14(12-13)28-2)20-21(24)15-10-4-5-11-16(15)25-22(20)29-23(19)27-26-17/h6,8-9,12,18H,3-5,7,10-11H2,1-2H3,(H2,24,25)(H,26,27). The summed E-state index contributed by atoms with van der Waals surface area (Å²) < 4.78 is 11.7. The minimum Gasteiger partial charge on any atom is -0.497 e. The van der Waals surface area contributed by atoms with Crippen LogP contribution in [-0.2, 0) is 19.3 Å². The van der Waals surface area contributed by atoms with Crippen molar-refractivity contribution in [1.82, 2.24) is 15.2 Å². The Hall–Kier alpha value is -3.02. The van der Waals surface area contributed by atoms with E-state index >= 15 is 0 Å². The number of ether oxygens (including phenoxy) is 2. The molecule has 2 aliphatic rings. The van der Waals surface area contributed by atoms with Gasteiger partial charge in [0.15, 0.2) is 0 Å². The average Bonchev–Trinajstić information content (AvgIpc) is 3.15. The summed E-state index contributed by atoms with van der Waals surface area (Å²) in [6.07, 6.45) is 6.15. The van der Waals surface area contributed by atoms with E-state index in [1.807, 2.05) is 12.1 Å². The minimum absolute atomic E-state index is 0.0797. The molecule has 3 aromatic rings. The van der Waals surface area contributed by atoms with Crippen molar-refractivity contribution in [2.75, 3.05) is 12.8 Å². The van der Waals surface area contributed by atoms with Crippen LogP contribution in [0, 0.1) is 0 Å². The van der Waals surface area contributed by atoms with Crippen LogP contribution in [0.5, 0.6) is 17.5 Å². The highest BCUT2D eigenvalue weighted by Gasteiger charge is 2.37. The van der Waals surface area contributed by atoms with Gasteiger partial charge in [0.05, 0.1) is 12.7 Å². The number of rotatable bonds is 4. The number of anilines is 1. The number of nitrogen functional groups attached to an aromatic ring is 1. The van der Waals surface area contributed by atoms with Crippen molar-refractivity contribution in [3.8, 4) is 17.5 Å². The number of nitrogens with two attached hydrogens (primary N) is 1. The normalized spacial score (nSPS) is 17.1. The van der Waals surface area contributed by atoms with Gasteiger partial charge < -0.3 is 15.2 Å². The van der Waals surface area contributed by atoms with E-state index in [0.29, 0.717) is 11.8 Å². The Morgan fingerprint density at radius 1 is 1.21 bits per heavy atom. The number of aromatic amines is 1. The summed E-state index contributed by atoms with van der Waals surface area (Å²) in [5, 5.41) is 7.67. The summed E-state index contributed by atoms with van der Waals surface area (Å²) in [5.74, 6) is 1.94. The van der Waals surface area contributed by atoms with Crippen molar-refractivity contribution >= 4 is 5.69 Å². The van der Waals surface area contributed by atoms with Gasteiger partial charge in [-0.15, -0.1) is 5.10 Å². The molecule has 6 nitrogen and oxygen atoms in total. The predicted molar refractivity (Wildman–Crippen MR) is 112 cm³/mol. The minimum atomic E-state index is -0.0797. The zero-order valence-corrected chi connectivity index (χ0v) is 16.9. The molecule has 5 rings (SSSR count). The first kappa shape index (κ1) is 18.0. The van der Waals surface area contributed by atoms with Crippen molar-refractivity contribution in [2.24, 2.45) is 0 Å². The van der Waals surface area contributed by atoms with E-state index in [4.69, 9.17) is 20.2 Å². The second-order valence-corrected chi connectivity index (χ2v) is 7.86. The summed E-state index contributed by atoms with van der Waals surface area (Å²) >= 11 is 0. The van der Waals surface area contributed by atoms with Crippen LogP contribution in [0.15, 0.2) is 24.3 Å². The van der Waals surface area contributed by atoms with Crippen molar-refractivity contribution in [3.63, 3.8) is 0 Å². The van der Waals surface area contributed by atoms with Gasteiger partial charge in [0.25, 0.3) is 0 Å². The molecule has 150 valence electrons. The number of fused-ring (bicyclic) bond motifs is 3. The Bertz CT molecular complexity index is 1070. The summed E-state index contributed by atoms with van der Waals surface area (Å²) in [6.45, 7) is 2.16. The molecule has 6 heteroatoms. The Labute approximate surface area is 170 Å². The van der Waals surface area contributed by atoms with Crippen molar-refractivity contribution < 1.29 is 9.47 Å². The SMILES string of the molecule is CCCc1[nH]nc2c1C(c1cccc(OC)c1)c1c(nc3c(c1N)CCCC3)O2. The molecule has 1 aliphatic carbocycles. The fourth-order valence-electron chi connectivity index (χ4n) is 4.69. The highest BCUT2D eigenvalue weighted by molar-refractivity contribution is 5.69. The van der Waals surface area contributed by atoms with Gasteiger partial charge in [0.2, 0.25) is 11.8 Å². The van der Waals surface area contributed by atoms with Gasteiger partial charge in [-0.25, -0.2) is 4.98 Å². The van der Waals surface area contributed by atoms with Gasteiger partial charge in [-0.05, 0) is 55.4 Å². The second kappa shape index (κ2) is 7.10. The molecule has 29 heavy (non-hydrogen) atoms.